The molecule has 1 unspecified atom stereocenters. The van der Waals surface area contributed by atoms with Crippen molar-refractivity contribution in [1.82, 2.24) is 0 Å². The fourth-order valence-corrected chi connectivity index (χ4v) is 4.12. The molecule has 0 heterocycles. The Bertz CT molecular complexity index is 102. The molecule has 0 bridgehead atoms. The molecule has 0 aromatic heterocycles. The summed E-state index contributed by atoms with van der Waals surface area (Å²) in [4.78, 5) is 0. The second-order valence-electron chi connectivity index (χ2n) is 3.42. The van der Waals surface area contributed by atoms with Crippen LogP contribution in [0, 0.1) is 0 Å². The van der Waals surface area contributed by atoms with Crippen molar-refractivity contribution < 1.29 is 0 Å². The Labute approximate surface area is 76.2 Å². The van der Waals surface area contributed by atoms with Crippen LogP contribution < -0.4 is 0 Å². The van der Waals surface area contributed by atoms with Crippen LogP contribution in [0.2, 0.25) is 0 Å². The second kappa shape index (κ2) is 5.38. The van der Waals surface area contributed by atoms with Gasteiger partial charge in [0.25, 0.3) is 0 Å². The fourth-order valence-electron chi connectivity index (χ4n) is 1.36. The maximum absolute atomic E-state index is 6.28. The second-order valence-corrected chi connectivity index (χ2v) is 6.69. The van der Waals surface area contributed by atoms with Crippen molar-refractivity contribution in [3.8, 4) is 0 Å². The van der Waals surface area contributed by atoms with Crippen LogP contribution in [0.5, 0.6) is 0 Å². The van der Waals surface area contributed by atoms with E-state index in [1.165, 1.54) is 44.7 Å². The summed E-state index contributed by atoms with van der Waals surface area (Å²) in [6.45, 7) is 2.25. The van der Waals surface area contributed by atoms with Crippen LogP contribution in [0.1, 0.15) is 45.4 Å². The molecule has 0 N–H and O–H groups in total. The highest BCUT2D eigenvalue weighted by Gasteiger charge is 2.24. The van der Waals surface area contributed by atoms with Gasteiger partial charge in [0.05, 0.1) is 0 Å². The van der Waals surface area contributed by atoms with E-state index in [1.807, 2.05) is 0 Å². The third kappa shape index (κ3) is 3.30. The first-order valence-electron chi connectivity index (χ1n) is 4.77. The van der Waals surface area contributed by atoms with Crippen LogP contribution in [0.15, 0.2) is 0 Å². The lowest BCUT2D eigenvalue weighted by Gasteiger charge is -2.29. The molecular formula is C9H18ClP. The maximum Gasteiger partial charge on any atom is -0.00656 e. The summed E-state index contributed by atoms with van der Waals surface area (Å²) in [5.41, 5.74) is 0.934. The molecule has 0 aromatic carbocycles. The summed E-state index contributed by atoms with van der Waals surface area (Å²) in [5, 5.41) is 0. The van der Waals surface area contributed by atoms with Gasteiger partial charge in [0.2, 0.25) is 0 Å². The number of halogens is 1. The molecule has 2 heteroatoms. The van der Waals surface area contributed by atoms with Gasteiger partial charge in [0, 0.05) is 0 Å². The third-order valence-corrected chi connectivity index (χ3v) is 5.83. The Morgan fingerprint density at radius 2 is 2.09 bits per heavy atom. The van der Waals surface area contributed by atoms with Gasteiger partial charge in [0.15, 0.2) is 0 Å². The molecule has 1 aliphatic rings. The van der Waals surface area contributed by atoms with Crippen LogP contribution in [0.4, 0.5) is 0 Å². The number of hydrogen-bond acceptors (Lipinski definition) is 0. The zero-order valence-electron chi connectivity index (χ0n) is 7.35. The zero-order valence-corrected chi connectivity index (χ0v) is 9.00. The monoisotopic (exact) mass is 192 g/mol. The Morgan fingerprint density at radius 3 is 2.55 bits per heavy atom. The lowest BCUT2D eigenvalue weighted by atomic mass is 10.00. The lowest BCUT2D eigenvalue weighted by Crippen LogP contribution is -2.14. The predicted octanol–water partition coefficient (Wildman–Crippen LogP) is 4.36. The summed E-state index contributed by atoms with van der Waals surface area (Å²) in [6.07, 6.45) is 9.65. The van der Waals surface area contributed by atoms with Gasteiger partial charge in [-0.05, 0) is 38.4 Å². The molecule has 0 nitrogen and oxygen atoms in total. The summed E-state index contributed by atoms with van der Waals surface area (Å²) in [5.74, 6) is 0. The minimum Gasteiger partial charge on any atom is -0.0961 e. The first-order valence-corrected chi connectivity index (χ1v) is 7.27. The molecule has 0 radical (unpaired) electrons. The molecule has 1 fully saturated rings. The van der Waals surface area contributed by atoms with Crippen molar-refractivity contribution in [3.05, 3.63) is 0 Å². The highest BCUT2D eigenvalue weighted by Crippen LogP contribution is 2.54. The van der Waals surface area contributed by atoms with Crippen LogP contribution in [-0.4, -0.2) is 11.8 Å². The average molecular weight is 193 g/mol. The Kier molecular flexibility index (Phi) is 4.80. The first-order chi connectivity index (χ1) is 5.34. The quantitative estimate of drug-likeness (QED) is 0.448. The van der Waals surface area contributed by atoms with E-state index in [0.29, 0.717) is 0 Å². The first kappa shape index (κ1) is 9.81. The van der Waals surface area contributed by atoms with Gasteiger partial charge < -0.3 is 0 Å². The topological polar surface area (TPSA) is 0 Å². The number of unbranched alkanes of at least 4 members (excludes halogenated alkanes) is 2. The Morgan fingerprint density at radius 1 is 1.36 bits per heavy atom. The van der Waals surface area contributed by atoms with Gasteiger partial charge in [-0.15, -0.1) is 0 Å². The maximum atomic E-state index is 6.28. The molecule has 1 saturated carbocycles. The molecule has 1 atom stereocenters. The van der Waals surface area contributed by atoms with Crippen molar-refractivity contribution in [2.24, 2.45) is 0 Å². The molecule has 1 rings (SSSR count). The van der Waals surface area contributed by atoms with Crippen molar-refractivity contribution in [2.45, 2.75) is 51.1 Å². The van der Waals surface area contributed by atoms with Gasteiger partial charge in [0.1, 0.15) is 0 Å². The van der Waals surface area contributed by atoms with E-state index < -0.39 is 0 Å². The molecule has 1 aliphatic carbocycles. The van der Waals surface area contributed by atoms with E-state index in [-0.39, 0.29) is 7.27 Å². The van der Waals surface area contributed by atoms with E-state index in [1.54, 1.807) is 0 Å². The van der Waals surface area contributed by atoms with Gasteiger partial charge in [-0.3, -0.25) is 0 Å². The standard InChI is InChI=1S/C9H18ClP/c1-2-3-4-8-11(10)9-6-5-7-9/h9H,2-8H2,1H3. The largest absolute Gasteiger partial charge is 0.0961 e. The van der Waals surface area contributed by atoms with Crippen LogP contribution in [0.25, 0.3) is 0 Å². The van der Waals surface area contributed by atoms with Gasteiger partial charge >= 0.3 is 0 Å². The van der Waals surface area contributed by atoms with Crippen LogP contribution in [0.3, 0.4) is 0 Å². The summed E-state index contributed by atoms with van der Waals surface area (Å²) in [6, 6.07) is 0. The normalized spacial score (nSPS) is 21.3. The summed E-state index contributed by atoms with van der Waals surface area (Å²) < 4.78 is 0. The van der Waals surface area contributed by atoms with Crippen molar-refractivity contribution in [3.63, 3.8) is 0 Å². The minimum atomic E-state index is -0.0945. The highest BCUT2D eigenvalue weighted by molar-refractivity contribution is 7.84. The smallest absolute Gasteiger partial charge is 0.00656 e. The van der Waals surface area contributed by atoms with Gasteiger partial charge in [-0.1, -0.05) is 37.4 Å². The van der Waals surface area contributed by atoms with E-state index in [9.17, 15) is 0 Å². The lowest BCUT2D eigenvalue weighted by molar-refractivity contribution is 0.516. The highest BCUT2D eigenvalue weighted by atomic mass is 35.7. The summed E-state index contributed by atoms with van der Waals surface area (Å²) >= 11 is 6.28. The molecule has 0 aliphatic heterocycles. The average Bonchev–Trinajstić information content (AvgIpc) is 1.84. The molecule has 66 valence electrons. The zero-order chi connectivity index (χ0) is 8.10. The molecular weight excluding hydrogens is 175 g/mol. The van der Waals surface area contributed by atoms with E-state index in [4.69, 9.17) is 11.2 Å². The minimum absolute atomic E-state index is 0.0945. The molecule has 0 saturated heterocycles. The van der Waals surface area contributed by atoms with Gasteiger partial charge in [-0.25, -0.2) is 0 Å². The van der Waals surface area contributed by atoms with Crippen LogP contribution >= 0.6 is 18.5 Å². The van der Waals surface area contributed by atoms with E-state index in [2.05, 4.69) is 6.92 Å². The van der Waals surface area contributed by atoms with Crippen molar-refractivity contribution in [1.29, 1.82) is 0 Å². The number of hydrogen-bond donors (Lipinski definition) is 0. The fraction of sp³-hybridized carbons (Fsp3) is 1.00. The van der Waals surface area contributed by atoms with Gasteiger partial charge in [-0.2, -0.15) is 0 Å². The van der Waals surface area contributed by atoms with E-state index in [0.717, 1.165) is 5.66 Å². The van der Waals surface area contributed by atoms with Crippen molar-refractivity contribution in [2.75, 3.05) is 6.16 Å². The third-order valence-electron chi connectivity index (χ3n) is 2.45. The molecule has 0 amide bonds. The molecule has 0 aromatic rings. The Hall–Kier alpha value is 0.720. The van der Waals surface area contributed by atoms with E-state index >= 15 is 0 Å². The number of rotatable bonds is 5. The Balaban J connectivity index is 1.96. The summed E-state index contributed by atoms with van der Waals surface area (Å²) in [7, 11) is -0.0945. The SMILES string of the molecule is CCCCCP(Cl)C1CCC1. The predicted molar refractivity (Wildman–Crippen MR) is 54.8 cm³/mol. The van der Waals surface area contributed by atoms with Crippen LogP contribution in [-0.2, 0) is 0 Å². The molecule has 11 heavy (non-hydrogen) atoms. The molecule has 0 spiro atoms. The van der Waals surface area contributed by atoms with Crippen molar-refractivity contribution >= 4 is 18.5 Å².